The predicted molar refractivity (Wildman–Crippen MR) is 69.9 cm³/mol. The molecule has 0 amide bonds. The maximum Gasteiger partial charge on any atom is 0.408 e. The van der Waals surface area contributed by atoms with Crippen LogP contribution in [0.3, 0.4) is 0 Å². The van der Waals surface area contributed by atoms with E-state index in [1.165, 1.54) is 0 Å². The van der Waals surface area contributed by atoms with Crippen LogP contribution >= 0.6 is 0 Å². The molecule has 0 N–H and O–H groups in total. The molecule has 0 saturated carbocycles. The Labute approximate surface area is 114 Å². The summed E-state index contributed by atoms with van der Waals surface area (Å²) < 4.78 is 10.2. The molecule has 6 nitrogen and oxygen atoms in total. The fraction of sp³-hybridized carbons (Fsp3) is 0.0714. The quantitative estimate of drug-likeness (QED) is 0.683. The Morgan fingerprint density at radius 3 is 2.65 bits per heavy atom. The van der Waals surface area contributed by atoms with E-state index in [0.29, 0.717) is 16.2 Å². The number of benzene rings is 1. The van der Waals surface area contributed by atoms with Crippen molar-refractivity contribution in [2.75, 3.05) is 0 Å². The molecule has 1 aromatic carbocycles. The molecule has 0 spiro atoms. The molecule has 3 rings (SSSR count). The number of rotatable bonds is 3. The number of hydrogen-bond donors (Lipinski definition) is 0. The van der Waals surface area contributed by atoms with E-state index in [0.717, 1.165) is 5.69 Å². The van der Waals surface area contributed by atoms with Gasteiger partial charge in [0.05, 0.1) is 11.4 Å². The summed E-state index contributed by atoms with van der Waals surface area (Å²) in [6.07, 6.45) is 1.56. The standard InChI is InChI=1S/C14H11N3O3/c1-10-7-8-12(9-15-10)19-14-13(17(18)20-16-14)11-5-3-2-4-6-11/h2-9H,1H3. The minimum atomic E-state index is 0.108. The Balaban J connectivity index is 1.97. The van der Waals surface area contributed by atoms with Gasteiger partial charge in [-0.25, -0.2) is 0 Å². The third-order valence-corrected chi connectivity index (χ3v) is 2.73. The lowest BCUT2D eigenvalue weighted by molar-refractivity contribution is -0.793. The van der Waals surface area contributed by atoms with Crippen LogP contribution in [0.15, 0.2) is 53.3 Å². The highest BCUT2D eigenvalue weighted by molar-refractivity contribution is 5.61. The molecule has 2 heterocycles. The first-order chi connectivity index (χ1) is 9.74. The van der Waals surface area contributed by atoms with Crippen LogP contribution < -0.4 is 9.64 Å². The van der Waals surface area contributed by atoms with E-state index >= 15 is 0 Å². The number of aryl methyl sites for hydroxylation is 1. The van der Waals surface area contributed by atoms with Crippen molar-refractivity contribution in [3.8, 4) is 22.9 Å². The second kappa shape index (κ2) is 5.00. The molecule has 6 heteroatoms. The van der Waals surface area contributed by atoms with Crippen LogP contribution in [0.25, 0.3) is 11.3 Å². The minimum absolute atomic E-state index is 0.108. The fourth-order valence-electron chi connectivity index (χ4n) is 1.75. The average Bonchev–Trinajstić information content (AvgIpc) is 2.83. The molecule has 20 heavy (non-hydrogen) atoms. The Bertz CT molecular complexity index is 708. The fourth-order valence-corrected chi connectivity index (χ4v) is 1.75. The summed E-state index contributed by atoms with van der Waals surface area (Å²) in [6.45, 7) is 1.88. The summed E-state index contributed by atoms with van der Waals surface area (Å²) in [5.41, 5.74) is 1.77. The van der Waals surface area contributed by atoms with Crippen molar-refractivity contribution in [2.24, 2.45) is 0 Å². The van der Waals surface area contributed by atoms with Gasteiger partial charge in [-0.2, -0.15) is 0 Å². The maximum atomic E-state index is 11.7. The topological polar surface area (TPSA) is 75.1 Å². The molecule has 0 bridgehead atoms. The lowest BCUT2D eigenvalue weighted by atomic mass is 10.2. The molecule has 0 unspecified atom stereocenters. The van der Waals surface area contributed by atoms with Gasteiger partial charge < -0.3 is 9.94 Å². The molecule has 2 aromatic heterocycles. The zero-order chi connectivity index (χ0) is 13.9. The van der Waals surface area contributed by atoms with E-state index in [-0.39, 0.29) is 11.6 Å². The molecule has 0 aliphatic carbocycles. The van der Waals surface area contributed by atoms with Gasteiger partial charge in [-0.3, -0.25) is 9.61 Å². The third kappa shape index (κ3) is 2.31. The molecule has 0 aliphatic rings. The van der Waals surface area contributed by atoms with Gasteiger partial charge in [0.1, 0.15) is 5.75 Å². The lowest BCUT2D eigenvalue weighted by Crippen LogP contribution is -2.25. The first kappa shape index (κ1) is 12.2. The highest BCUT2D eigenvalue weighted by atomic mass is 16.8. The molecule has 0 aliphatic heterocycles. The van der Waals surface area contributed by atoms with E-state index in [2.05, 4.69) is 14.8 Å². The molecule has 3 aromatic rings. The summed E-state index contributed by atoms with van der Waals surface area (Å²) >= 11 is 0. The Hall–Kier alpha value is -2.89. The number of aromatic nitrogens is 3. The monoisotopic (exact) mass is 269 g/mol. The predicted octanol–water partition coefficient (Wildman–Crippen LogP) is 2.47. The van der Waals surface area contributed by atoms with E-state index in [1.807, 2.05) is 31.2 Å². The van der Waals surface area contributed by atoms with E-state index < -0.39 is 0 Å². The highest BCUT2D eigenvalue weighted by Gasteiger charge is 2.23. The molecular formula is C14H11N3O3. The van der Waals surface area contributed by atoms with Crippen molar-refractivity contribution in [3.05, 3.63) is 59.6 Å². The van der Waals surface area contributed by atoms with Gasteiger partial charge in [-0.1, -0.05) is 30.3 Å². The zero-order valence-corrected chi connectivity index (χ0v) is 10.7. The second-order valence-electron chi connectivity index (χ2n) is 4.19. The normalized spacial score (nSPS) is 10.4. The van der Waals surface area contributed by atoms with Gasteiger partial charge in [0.15, 0.2) is 0 Å². The van der Waals surface area contributed by atoms with Crippen molar-refractivity contribution in [1.29, 1.82) is 0 Å². The summed E-state index contributed by atoms with van der Waals surface area (Å²) in [4.78, 5) is 4.44. The van der Waals surface area contributed by atoms with Crippen LogP contribution in [-0.2, 0) is 0 Å². The first-order valence-corrected chi connectivity index (χ1v) is 6.00. The van der Waals surface area contributed by atoms with Crippen molar-refractivity contribution in [3.63, 3.8) is 0 Å². The van der Waals surface area contributed by atoms with Crippen molar-refractivity contribution < 1.29 is 14.3 Å². The van der Waals surface area contributed by atoms with Crippen LogP contribution in [0.2, 0.25) is 0 Å². The van der Waals surface area contributed by atoms with Crippen LogP contribution in [0.4, 0.5) is 0 Å². The van der Waals surface area contributed by atoms with E-state index in [1.54, 1.807) is 24.4 Å². The summed E-state index contributed by atoms with van der Waals surface area (Å²) in [7, 11) is 0. The van der Waals surface area contributed by atoms with Gasteiger partial charge >= 0.3 is 5.88 Å². The van der Waals surface area contributed by atoms with Crippen molar-refractivity contribution in [2.45, 2.75) is 6.92 Å². The Morgan fingerprint density at radius 1 is 1.15 bits per heavy atom. The number of nitrogens with zero attached hydrogens (tertiary/aromatic N) is 3. The highest BCUT2D eigenvalue weighted by Crippen LogP contribution is 2.28. The van der Waals surface area contributed by atoms with E-state index in [9.17, 15) is 5.21 Å². The second-order valence-corrected chi connectivity index (χ2v) is 4.19. The van der Waals surface area contributed by atoms with Gasteiger partial charge in [0, 0.05) is 11.3 Å². The Morgan fingerprint density at radius 2 is 1.95 bits per heavy atom. The largest absolute Gasteiger partial charge is 0.414 e. The Kier molecular flexibility index (Phi) is 3.04. The number of ether oxygens (including phenoxy) is 1. The number of hydrogen-bond acceptors (Lipinski definition) is 5. The van der Waals surface area contributed by atoms with Gasteiger partial charge in [-0.05, 0) is 24.0 Å². The van der Waals surface area contributed by atoms with Crippen molar-refractivity contribution >= 4 is 0 Å². The molecule has 100 valence electrons. The van der Waals surface area contributed by atoms with Gasteiger partial charge in [0.2, 0.25) is 0 Å². The zero-order valence-electron chi connectivity index (χ0n) is 10.7. The summed E-state index contributed by atoms with van der Waals surface area (Å²) in [5, 5.41) is 15.3. The smallest absolute Gasteiger partial charge is 0.408 e. The minimum Gasteiger partial charge on any atom is -0.414 e. The van der Waals surface area contributed by atoms with Crippen LogP contribution in [0.1, 0.15) is 5.69 Å². The molecule has 0 atom stereocenters. The van der Waals surface area contributed by atoms with Crippen molar-refractivity contribution in [1.82, 2.24) is 10.1 Å². The average molecular weight is 269 g/mol. The SMILES string of the molecule is Cc1ccc(Oc2no[n+]([O-])c2-c2ccccc2)cn1. The van der Waals surface area contributed by atoms with Crippen LogP contribution in [0.5, 0.6) is 11.6 Å². The number of pyridine rings is 1. The molecule has 0 saturated heterocycles. The summed E-state index contributed by atoms with van der Waals surface area (Å²) in [5.74, 6) is 0.596. The third-order valence-electron chi connectivity index (χ3n) is 2.73. The van der Waals surface area contributed by atoms with Gasteiger partial charge in [0.25, 0.3) is 5.69 Å². The van der Waals surface area contributed by atoms with E-state index in [4.69, 9.17) is 4.74 Å². The van der Waals surface area contributed by atoms with Gasteiger partial charge in [-0.15, -0.1) is 0 Å². The first-order valence-electron chi connectivity index (χ1n) is 6.00. The summed E-state index contributed by atoms with van der Waals surface area (Å²) in [6, 6.07) is 12.6. The van der Waals surface area contributed by atoms with Crippen LogP contribution in [0, 0.1) is 12.1 Å². The van der Waals surface area contributed by atoms with Crippen LogP contribution in [-0.4, -0.2) is 10.1 Å². The molecule has 0 fully saturated rings. The maximum absolute atomic E-state index is 11.7. The molecular weight excluding hydrogens is 258 g/mol. The lowest BCUT2D eigenvalue weighted by Gasteiger charge is -2.01. The molecule has 0 radical (unpaired) electrons.